The monoisotopic (exact) mass is 323 g/mol. The molecule has 1 atom stereocenters. The molecule has 0 spiro atoms. The first kappa shape index (κ1) is 16.0. The lowest BCUT2D eigenvalue weighted by molar-refractivity contribution is -0.144. The van der Waals surface area contributed by atoms with Crippen LogP contribution in [-0.4, -0.2) is 22.5 Å². The van der Waals surface area contributed by atoms with E-state index in [1.165, 1.54) is 10.4 Å². The van der Waals surface area contributed by atoms with Gasteiger partial charge >= 0.3 is 5.97 Å². The Bertz CT molecular complexity index is 641. The molecule has 2 aromatic rings. The Morgan fingerprint density at radius 3 is 2.81 bits per heavy atom. The summed E-state index contributed by atoms with van der Waals surface area (Å²) >= 11 is 7.92. The van der Waals surface area contributed by atoms with Crippen molar-refractivity contribution in [3.8, 4) is 0 Å². The van der Waals surface area contributed by atoms with Gasteiger partial charge in [0.25, 0.3) is 0 Å². The van der Waals surface area contributed by atoms with Crippen LogP contribution in [0.15, 0.2) is 35.7 Å². The number of nitrogens with zero attached hydrogens (tertiary/aromatic N) is 1. The molecular formula is C16H18ClNO2S. The van der Waals surface area contributed by atoms with Crippen LogP contribution in [0, 0.1) is 0 Å². The van der Waals surface area contributed by atoms with E-state index in [0.29, 0.717) is 17.1 Å². The third-order valence-electron chi connectivity index (χ3n) is 3.64. The fourth-order valence-electron chi connectivity index (χ4n) is 2.67. The van der Waals surface area contributed by atoms with E-state index < -0.39 is 12.0 Å². The minimum Gasteiger partial charge on any atom is -0.480 e. The Kier molecular flexibility index (Phi) is 5.04. The zero-order chi connectivity index (χ0) is 14.1. The average Bonchev–Trinajstić information content (AvgIpc) is 2.88. The molecule has 1 aromatic heterocycles. The maximum Gasteiger partial charge on any atom is 0.325 e. The van der Waals surface area contributed by atoms with Gasteiger partial charge in [-0.1, -0.05) is 37.2 Å². The zero-order valence-electron chi connectivity index (χ0n) is 10.8. The lowest BCUT2D eigenvalue weighted by Crippen LogP contribution is -2.37. The van der Waals surface area contributed by atoms with E-state index in [0.717, 1.165) is 13.0 Å². The molecule has 0 unspecified atom stereocenters. The molecular weight excluding hydrogens is 306 g/mol. The highest BCUT2D eigenvalue weighted by molar-refractivity contribution is 7.10. The summed E-state index contributed by atoms with van der Waals surface area (Å²) in [6.45, 7) is 1.41. The molecule has 112 valence electrons. The molecule has 5 heteroatoms. The van der Waals surface area contributed by atoms with Gasteiger partial charge in [0.15, 0.2) is 0 Å². The summed E-state index contributed by atoms with van der Waals surface area (Å²) in [5.74, 6) is -0.850. The van der Waals surface area contributed by atoms with Crippen LogP contribution >= 0.6 is 22.9 Å². The van der Waals surface area contributed by atoms with Gasteiger partial charge in [-0.25, -0.2) is 0 Å². The maximum atomic E-state index is 11.7. The van der Waals surface area contributed by atoms with Crippen molar-refractivity contribution < 1.29 is 9.90 Å². The molecule has 0 radical (unpaired) electrons. The predicted octanol–water partition coefficient (Wildman–Crippen LogP) is 4.22. The summed E-state index contributed by atoms with van der Waals surface area (Å²) in [6, 6.07) is 8.58. The van der Waals surface area contributed by atoms with Crippen molar-refractivity contribution in [1.82, 2.24) is 4.90 Å². The van der Waals surface area contributed by atoms with Crippen molar-refractivity contribution in [2.75, 3.05) is 6.54 Å². The highest BCUT2D eigenvalue weighted by Gasteiger charge is 2.31. The maximum absolute atomic E-state index is 11.7. The van der Waals surface area contributed by atoms with Crippen LogP contribution in [0.4, 0.5) is 0 Å². The summed E-state index contributed by atoms with van der Waals surface area (Å²) in [5.41, 5.74) is 1.90. The SMILES string of the molecule is C.O=C(O)[C@H](c1ccccc1Cl)N1CCc2sccc2C1. The van der Waals surface area contributed by atoms with Crippen molar-refractivity contribution in [3.05, 3.63) is 56.7 Å². The first-order valence-corrected chi connectivity index (χ1v) is 7.69. The lowest BCUT2D eigenvalue weighted by Gasteiger charge is -2.32. The summed E-state index contributed by atoms with van der Waals surface area (Å²) in [5, 5.41) is 12.2. The fraction of sp³-hybridized carbons (Fsp3) is 0.312. The molecule has 0 amide bonds. The molecule has 0 aliphatic carbocycles. The second-order valence-corrected chi connectivity index (χ2v) is 6.26. The number of hydrogen-bond acceptors (Lipinski definition) is 3. The summed E-state index contributed by atoms with van der Waals surface area (Å²) < 4.78 is 0. The minimum atomic E-state index is -0.850. The van der Waals surface area contributed by atoms with Crippen LogP contribution < -0.4 is 0 Å². The third kappa shape index (κ3) is 3.12. The van der Waals surface area contributed by atoms with Crippen molar-refractivity contribution in [2.24, 2.45) is 0 Å². The molecule has 2 heterocycles. The molecule has 1 aliphatic rings. The largest absolute Gasteiger partial charge is 0.480 e. The molecule has 21 heavy (non-hydrogen) atoms. The topological polar surface area (TPSA) is 40.5 Å². The van der Waals surface area contributed by atoms with Crippen LogP contribution in [0.3, 0.4) is 0 Å². The van der Waals surface area contributed by atoms with Gasteiger partial charge in [-0.05, 0) is 35.1 Å². The van der Waals surface area contributed by atoms with Crippen LogP contribution in [0.25, 0.3) is 0 Å². The number of rotatable bonds is 3. The molecule has 0 bridgehead atoms. The lowest BCUT2D eigenvalue weighted by atomic mass is 10.0. The molecule has 0 saturated heterocycles. The second-order valence-electron chi connectivity index (χ2n) is 4.85. The number of carbonyl (C=O) groups is 1. The molecule has 1 N–H and O–H groups in total. The minimum absolute atomic E-state index is 0. The number of hydrogen-bond donors (Lipinski definition) is 1. The molecule has 0 fully saturated rings. The van der Waals surface area contributed by atoms with E-state index in [1.807, 2.05) is 17.0 Å². The molecule has 3 nitrogen and oxygen atoms in total. The van der Waals surface area contributed by atoms with Crippen LogP contribution in [0.1, 0.15) is 29.5 Å². The van der Waals surface area contributed by atoms with Gasteiger partial charge in [0.2, 0.25) is 0 Å². The highest BCUT2D eigenvalue weighted by Crippen LogP contribution is 2.33. The Morgan fingerprint density at radius 1 is 1.33 bits per heavy atom. The predicted molar refractivity (Wildman–Crippen MR) is 87.0 cm³/mol. The second kappa shape index (κ2) is 6.60. The Hall–Kier alpha value is -1.36. The van der Waals surface area contributed by atoms with Crippen molar-refractivity contribution in [2.45, 2.75) is 26.4 Å². The van der Waals surface area contributed by atoms with Gasteiger partial charge in [0, 0.05) is 23.0 Å². The Morgan fingerprint density at radius 2 is 2.10 bits per heavy atom. The summed E-state index contributed by atoms with van der Waals surface area (Å²) in [7, 11) is 0. The molecule has 3 rings (SSSR count). The first-order chi connectivity index (χ1) is 9.66. The van der Waals surface area contributed by atoms with Crippen LogP contribution in [0.5, 0.6) is 0 Å². The van der Waals surface area contributed by atoms with E-state index in [4.69, 9.17) is 11.6 Å². The number of halogens is 1. The number of carboxylic acid groups (broad SMARTS) is 1. The van der Waals surface area contributed by atoms with E-state index in [1.54, 1.807) is 23.5 Å². The third-order valence-corrected chi connectivity index (χ3v) is 5.00. The quantitative estimate of drug-likeness (QED) is 0.919. The van der Waals surface area contributed by atoms with Crippen molar-refractivity contribution in [1.29, 1.82) is 0 Å². The molecule has 1 aromatic carbocycles. The number of carboxylic acids is 1. The van der Waals surface area contributed by atoms with Gasteiger partial charge in [-0.3, -0.25) is 9.69 Å². The van der Waals surface area contributed by atoms with E-state index in [2.05, 4.69) is 11.4 Å². The fourth-order valence-corrected chi connectivity index (χ4v) is 3.80. The molecule has 1 aliphatic heterocycles. The number of fused-ring (bicyclic) bond motifs is 1. The summed E-state index contributed by atoms with van der Waals surface area (Å²) in [4.78, 5) is 15.1. The number of thiophene rings is 1. The normalized spacial score (nSPS) is 15.9. The average molecular weight is 324 g/mol. The van der Waals surface area contributed by atoms with Gasteiger partial charge in [-0.15, -0.1) is 11.3 Å². The molecule has 0 saturated carbocycles. The van der Waals surface area contributed by atoms with E-state index >= 15 is 0 Å². The first-order valence-electron chi connectivity index (χ1n) is 6.43. The van der Waals surface area contributed by atoms with Crippen molar-refractivity contribution in [3.63, 3.8) is 0 Å². The Balaban J connectivity index is 0.00000161. The van der Waals surface area contributed by atoms with Crippen LogP contribution in [0.2, 0.25) is 5.02 Å². The van der Waals surface area contributed by atoms with Crippen molar-refractivity contribution >= 4 is 28.9 Å². The number of aliphatic carboxylic acids is 1. The Labute approximate surface area is 133 Å². The highest BCUT2D eigenvalue weighted by atomic mass is 35.5. The smallest absolute Gasteiger partial charge is 0.325 e. The standard InChI is InChI=1S/C15H14ClNO2S.CH4/c16-12-4-2-1-3-11(12)14(15(18)19)17-7-5-13-10(9-17)6-8-20-13;/h1-4,6,8,14H,5,7,9H2,(H,18,19);1H4/t14-;/m0./s1. The van der Waals surface area contributed by atoms with E-state index in [9.17, 15) is 9.90 Å². The summed E-state index contributed by atoms with van der Waals surface area (Å²) in [6.07, 6.45) is 0.904. The van der Waals surface area contributed by atoms with Gasteiger partial charge in [-0.2, -0.15) is 0 Å². The number of benzene rings is 1. The van der Waals surface area contributed by atoms with E-state index in [-0.39, 0.29) is 7.43 Å². The van der Waals surface area contributed by atoms with Crippen LogP contribution in [-0.2, 0) is 17.8 Å². The van der Waals surface area contributed by atoms with Gasteiger partial charge in [0.05, 0.1) is 0 Å². The zero-order valence-corrected chi connectivity index (χ0v) is 12.3. The van der Waals surface area contributed by atoms with Gasteiger partial charge < -0.3 is 5.11 Å². The van der Waals surface area contributed by atoms with Gasteiger partial charge in [0.1, 0.15) is 6.04 Å².